The standard InChI is InChI=1S/C24H26N4O3/c1-16(26-24(29)19-12-25-27(2)13-19)17-3-5-18(6-4-17)20-14-28(15-20)21-7-8-22-23(11-21)31-10-9-30-22/h3-8,11-13,16,20H,9-10,14-15H2,1-2H3,(H,26,29). The molecular weight excluding hydrogens is 392 g/mol. The van der Waals surface area contributed by atoms with Crippen LogP contribution < -0.4 is 19.7 Å². The largest absolute Gasteiger partial charge is 0.486 e. The molecular formula is C24H26N4O3. The number of carbonyl (C=O) groups excluding carboxylic acids is 1. The number of hydrogen-bond donors (Lipinski definition) is 1. The van der Waals surface area contributed by atoms with Crippen LogP contribution in [0.4, 0.5) is 5.69 Å². The van der Waals surface area contributed by atoms with E-state index < -0.39 is 0 Å². The van der Waals surface area contributed by atoms with Crippen molar-refractivity contribution in [2.24, 2.45) is 7.05 Å². The van der Waals surface area contributed by atoms with E-state index in [1.165, 1.54) is 11.3 Å². The first kappa shape index (κ1) is 19.5. The Bertz CT molecular complexity index is 1090. The molecule has 1 fully saturated rings. The second-order valence-corrected chi connectivity index (χ2v) is 8.19. The summed E-state index contributed by atoms with van der Waals surface area (Å²) in [5, 5.41) is 7.09. The summed E-state index contributed by atoms with van der Waals surface area (Å²) in [6.45, 7) is 5.17. The fourth-order valence-corrected chi connectivity index (χ4v) is 4.09. The molecule has 0 bridgehead atoms. The minimum atomic E-state index is -0.112. The van der Waals surface area contributed by atoms with E-state index in [0.29, 0.717) is 24.7 Å². The third-order valence-electron chi connectivity index (χ3n) is 5.99. The summed E-state index contributed by atoms with van der Waals surface area (Å²) in [4.78, 5) is 14.7. The van der Waals surface area contributed by atoms with Gasteiger partial charge in [0.15, 0.2) is 11.5 Å². The number of carbonyl (C=O) groups is 1. The molecule has 1 saturated heterocycles. The molecule has 1 amide bonds. The number of aryl methyl sites for hydroxylation is 1. The van der Waals surface area contributed by atoms with E-state index in [-0.39, 0.29) is 11.9 Å². The minimum Gasteiger partial charge on any atom is -0.486 e. The molecule has 2 aromatic carbocycles. The lowest BCUT2D eigenvalue weighted by Crippen LogP contribution is -2.45. The van der Waals surface area contributed by atoms with Gasteiger partial charge in [0, 0.05) is 44.0 Å². The molecule has 7 nitrogen and oxygen atoms in total. The van der Waals surface area contributed by atoms with Gasteiger partial charge in [-0.15, -0.1) is 0 Å². The molecule has 1 unspecified atom stereocenters. The van der Waals surface area contributed by atoms with Crippen LogP contribution in [0.5, 0.6) is 11.5 Å². The van der Waals surface area contributed by atoms with Gasteiger partial charge in [-0.2, -0.15) is 5.10 Å². The molecule has 0 radical (unpaired) electrons. The Hall–Kier alpha value is -3.48. The Kier molecular flexibility index (Phi) is 5.02. The average Bonchev–Trinajstić information content (AvgIpc) is 3.19. The van der Waals surface area contributed by atoms with Gasteiger partial charge in [-0.1, -0.05) is 24.3 Å². The Morgan fingerprint density at radius 3 is 2.55 bits per heavy atom. The van der Waals surface area contributed by atoms with Crippen molar-refractivity contribution in [2.75, 3.05) is 31.2 Å². The zero-order valence-electron chi connectivity index (χ0n) is 17.7. The van der Waals surface area contributed by atoms with Crippen LogP contribution in [0.2, 0.25) is 0 Å². The number of nitrogens with zero attached hydrogens (tertiary/aromatic N) is 3. The molecule has 1 aromatic heterocycles. The topological polar surface area (TPSA) is 68.6 Å². The Morgan fingerprint density at radius 1 is 1.10 bits per heavy atom. The van der Waals surface area contributed by atoms with Crippen molar-refractivity contribution in [3.8, 4) is 11.5 Å². The number of hydrogen-bond acceptors (Lipinski definition) is 5. The van der Waals surface area contributed by atoms with Gasteiger partial charge in [0.1, 0.15) is 13.2 Å². The lowest BCUT2D eigenvalue weighted by Gasteiger charge is -2.41. The zero-order chi connectivity index (χ0) is 21.4. The summed E-state index contributed by atoms with van der Waals surface area (Å²) in [7, 11) is 1.80. The maximum atomic E-state index is 12.3. The van der Waals surface area contributed by atoms with Crippen LogP contribution in [0.3, 0.4) is 0 Å². The molecule has 0 spiro atoms. The third kappa shape index (κ3) is 3.95. The minimum absolute atomic E-state index is 0.0719. The molecule has 160 valence electrons. The number of ether oxygens (including phenoxy) is 2. The highest BCUT2D eigenvalue weighted by molar-refractivity contribution is 5.93. The Balaban J connectivity index is 1.18. The van der Waals surface area contributed by atoms with E-state index in [9.17, 15) is 4.79 Å². The normalized spacial score (nSPS) is 16.5. The Morgan fingerprint density at radius 2 is 1.84 bits per heavy atom. The van der Waals surface area contributed by atoms with Crippen LogP contribution >= 0.6 is 0 Å². The highest BCUT2D eigenvalue weighted by Gasteiger charge is 2.29. The second-order valence-electron chi connectivity index (χ2n) is 8.19. The third-order valence-corrected chi connectivity index (χ3v) is 5.99. The summed E-state index contributed by atoms with van der Waals surface area (Å²) < 4.78 is 12.9. The number of benzene rings is 2. The number of fused-ring (bicyclic) bond motifs is 1. The quantitative estimate of drug-likeness (QED) is 0.689. The van der Waals surface area contributed by atoms with Crippen molar-refractivity contribution in [3.05, 3.63) is 71.5 Å². The molecule has 1 atom stereocenters. The van der Waals surface area contributed by atoms with Crippen LogP contribution in [0.25, 0.3) is 0 Å². The van der Waals surface area contributed by atoms with Crippen LogP contribution in [0, 0.1) is 0 Å². The molecule has 3 aromatic rings. The number of anilines is 1. The maximum absolute atomic E-state index is 12.3. The van der Waals surface area contributed by atoms with E-state index in [4.69, 9.17) is 9.47 Å². The number of amides is 1. The van der Waals surface area contributed by atoms with Gasteiger partial charge in [0.2, 0.25) is 0 Å². The number of aromatic nitrogens is 2. The highest BCUT2D eigenvalue weighted by atomic mass is 16.6. The van der Waals surface area contributed by atoms with Crippen LogP contribution in [-0.2, 0) is 7.05 Å². The molecule has 0 saturated carbocycles. The SMILES string of the molecule is CC(NC(=O)c1cnn(C)c1)c1ccc(C2CN(c3ccc4c(c3)OCCO4)C2)cc1. The highest BCUT2D eigenvalue weighted by Crippen LogP contribution is 2.38. The van der Waals surface area contributed by atoms with E-state index in [1.807, 2.05) is 13.0 Å². The molecule has 7 heteroatoms. The summed E-state index contributed by atoms with van der Waals surface area (Å²) in [6.07, 6.45) is 3.30. The van der Waals surface area contributed by atoms with Crippen molar-refractivity contribution < 1.29 is 14.3 Å². The van der Waals surface area contributed by atoms with Crippen LogP contribution in [0.15, 0.2) is 54.9 Å². The van der Waals surface area contributed by atoms with Gasteiger partial charge in [-0.3, -0.25) is 9.48 Å². The van der Waals surface area contributed by atoms with Crippen molar-refractivity contribution >= 4 is 11.6 Å². The summed E-state index contributed by atoms with van der Waals surface area (Å²) in [6, 6.07) is 14.7. The van der Waals surface area contributed by atoms with Gasteiger partial charge >= 0.3 is 0 Å². The maximum Gasteiger partial charge on any atom is 0.254 e. The van der Waals surface area contributed by atoms with E-state index in [2.05, 4.69) is 51.7 Å². The fraction of sp³-hybridized carbons (Fsp3) is 0.333. The lowest BCUT2D eigenvalue weighted by atomic mass is 9.89. The molecule has 2 aliphatic heterocycles. The van der Waals surface area contributed by atoms with Crippen molar-refractivity contribution in [3.63, 3.8) is 0 Å². The first-order chi connectivity index (χ1) is 15.1. The fourth-order valence-electron chi connectivity index (χ4n) is 4.09. The summed E-state index contributed by atoms with van der Waals surface area (Å²) >= 11 is 0. The van der Waals surface area contributed by atoms with Crippen molar-refractivity contribution in [2.45, 2.75) is 18.9 Å². The first-order valence-electron chi connectivity index (χ1n) is 10.6. The molecule has 3 heterocycles. The smallest absolute Gasteiger partial charge is 0.254 e. The lowest BCUT2D eigenvalue weighted by molar-refractivity contribution is 0.0940. The zero-order valence-corrected chi connectivity index (χ0v) is 17.7. The average molecular weight is 418 g/mol. The summed E-state index contributed by atoms with van der Waals surface area (Å²) in [5.74, 6) is 2.05. The van der Waals surface area contributed by atoms with E-state index in [0.717, 1.165) is 30.2 Å². The monoisotopic (exact) mass is 418 g/mol. The second kappa shape index (κ2) is 7.98. The first-order valence-corrected chi connectivity index (χ1v) is 10.6. The van der Waals surface area contributed by atoms with Gasteiger partial charge in [-0.25, -0.2) is 0 Å². The molecule has 31 heavy (non-hydrogen) atoms. The van der Waals surface area contributed by atoms with Gasteiger partial charge in [0.25, 0.3) is 5.91 Å². The van der Waals surface area contributed by atoms with E-state index in [1.54, 1.807) is 24.1 Å². The van der Waals surface area contributed by atoms with Crippen molar-refractivity contribution in [1.29, 1.82) is 0 Å². The molecule has 1 N–H and O–H groups in total. The molecule has 5 rings (SSSR count). The molecule has 2 aliphatic rings. The Labute approximate surface area is 181 Å². The van der Waals surface area contributed by atoms with Crippen LogP contribution in [0.1, 0.15) is 40.4 Å². The van der Waals surface area contributed by atoms with Crippen LogP contribution in [-0.4, -0.2) is 42.0 Å². The van der Waals surface area contributed by atoms with Gasteiger partial charge in [0.05, 0.1) is 17.8 Å². The van der Waals surface area contributed by atoms with Gasteiger partial charge in [-0.05, 0) is 30.2 Å². The van der Waals surface area contributed by atoms with Gasteiger partial charge < -0.3 is 19.7 Å². The molecule has 0 aliphatic carbocycles. The summed E-state index contributed by atoms with van der Waals surface area (Å²) in [5.41, 5.74) is 4.15. The van der Waals surface area contributed by atoms with E-state index >= 15 is 0 Å². The van der Waals surface area contributed by atoms with Crippen molar-refractivity contribution in [1.82, 2.24) is 15.1 Å². The number of nitrogens with one attached hydrogen (secondary N) is 1. The number of rotatable bonds is 5. The predicted octanol–water partition coefficient (Wildman–Crippen LogP) is 3.29. The predicted molar refractivity (Wildman–Crippen MR) is 118 cm³/mol.